The summed E-state index contributed by atoms with van der Waals surface area (Å²) >= 11 is 1.60. The summed E-state index contributed by atoms with van der Waals surface area (Å²) in [5, 5.41) is 0.929. The number of amides is 1. The molecule has 31 heavy (non-hydrogen) atoms. The largest absolute Gasteiger partial charge is 0.333 e. The predicted octanol–water partition coefficient (Wildman–Crippen LogP) is 3.53. The first kappa shape index (κ1) is 21.6. The Morgan fingerprint density at radius 3 is 2.61 bits per heavy atom. The normalized spacial score (nSPS) is 16.7. The number of Topliss-reactive ketones (excluding diaryl/α,β-unsaturated/α-hetero) is 1. The van der Waals surface area contributed by atoms with Gasteiger partial charge in [-0.3, -0.25) is 9.59 Å². The van der Waals surface area contributed by atoms with E-state index in [0.29, 0.717) is 12.1 Å². The number of thiazole rings is 1. The molecule has 7 nitrogen and oxygen atoms in total. The average Bonchev–Trinajstić information content (AvgIpc) is 3.40. The van der Waals surface area contributed by atoms with Gasteiger partial charge in [0.15, 0.2) is 5.78 Å². The van der Waals surface area contributed by atoms with Crippen LogP contribution in [0.15, 0.2) is 53.4 Å². The molecule has 0 aliphatic carbocycles. The van der Waals surface area contributed by atoms with Gasteiger partial charge in [-0.1, -0.05) is 24.3 Å². The van der Waals surface area contributed by atoms with Gasteiger partial charge in [-0.25, -0.2) is 18.1 Å². The van der Waals surface area contributed by atoms with Crippen molar-refractivity contribution in [2.24, 2.45) is 0 Å². The molecule has 1 saturated heterocycles. The van der Waals surface area contributed by atoms with Gasteiger partial charge in [-0.2, -0.15) is 0 Å². The van der Waals surface area contributed by atoms with Crippen molar-refractivity contribution >= 4 is 43.3 Å². The number of likely N-dealkylation sites (tertiary alicyclic amines) is 1. The van der Waals surface area contributed by atoms with Crippen LogP contribution in [0.2, 0.25) is 0 Å². The van der Waals surface area contributed by atoms with Crippen LogP contribution in [-0.2, 0) is 14.8 Å². The number of nitrogens with zero attached hydrogens (tertiary/aromatic N) is 2. The number of hydrogen-bond donors (Lipinski definition) is 1. The number of carbonyl (C=O) groups excluding carboxylic acids is 2. The van der Waals surface area contributed by atoms with E-state index < -0.39 is 10.0 Å². The minimum atomic E-state index is -3.75. The minimum Gasteiger partial charge on any atom is -0.333 e. The first-order valence-electron chi connectivity index (χ1n) is 10.1. The summed E-state index contributed by atoms with van der Waals surface area (Å²) < 4.78 is 28.5. The molecule has 0 radical (unpaired) electrons. The minimum absolute atomic E-state index is 0.0126. The van der Waals surface area contributed by atoms with Crippen LogP contribution in [0.1, 0.15) is 47.6 Å². The topological polar surface area (TPSA) is 96.4 Å². The number of fused-ring (bicyclic) bond motifs is 1. The molecule has 0 saturated carbocycles. The Hall–Kier alpha value is -2.62. The SMILES string of the molecule is CC(=O)c1ccc(S(=O)(=O)NCCC(=O)N2CCCC2c2nc3ccccc3s2)cc1. The quantitative estimate of drug-likeness (QED) is 0.548. The van der Waals surface area contributed by atoms with E-state index in [1.54, 1.807) is 11.3 Å². The third-order valence-corrected chi connectivity index (χ3v) is 7.99. The van der Waals surface area contributed by atoms with Crippen LogP contribution < -0.4 is 4.72 Å². The van der Waals surface area contributed by atoms with Crippen LogP contribution in [-0.4, -0.2) is 43.1 Å². The molecule has 2 heterocycles. The van der Waals surface area contributed by atoms with Crippen molar-refractivity contribution in [1.29, 1.82) is 0 Å². The Morgan fingerprint density at radius 2 is 1.90 bits per heavy atom. The van der Waals surface area contributed by atoms with E-state index in [1.165, 1.54) is 31.2 Å². The number of nitrogens with one attached hydrogen (secondary N) is 1. The highest BCUT2D eigenvalue weighted by Crippen LogP contribution is 2.36. The molecule has 1 aromatic heterocycles. The fourth-order valence-electron chi connectivity index (χ4n) is 3.74. The molecular weight excluding hydrogens is 434 g/mol. The fourth-order valence-corrected chi connectivity index (χ4v) is 5.89. The molecule has 162 valence electrons. The van der Waals surface area contributed by atoms with Crippen molar-refractivity contribution in [1.82, 2.24) is 14.6 Å². The van der Waals surface area contributed by atoms with E-state index in [4.69, 9.17) is 4.98 Å². The van der Waals surface area contributed by atoms with Crippen LogP contribution in [0.4, 0.5) is 0 Å². The van der Waals surface area contributed by atoms with Gasteiger partial charge in [-0.15, -0.1) is 11.3 Å². The lowest BCUT2D eigenvalue weighted by molar-refractivity contribution is -0.131. The standard InChI is InChI=1S/C22H23N3O4S2/c1-15(26)16-8-10-17(11-9-16)31(28,29)23-13-12-21(27)25-14-4-6-19(25)22-24-18-5-2-3-7-20(18)30-22/h2-3,5,7-11,19,23H,4,6,12-14H2,1H3. The van der Waals surface area contributed by atoms with E-state index in [1.807, 2.05) is 29.2 Å². The lowest BCUT2D eigenvalue weighted by Crippen LogP contribution is -2.34. The van der Waals surface area contributed by atoms with Crippen molar-refractivity contribution in [2.75, 3.05) is 13.1 Å². The molecular formula is C22H23N3O4S2. The van der Waals surface area contributed by atoms with Gasteiger partial charge in [0.1, 0.15) is 5.01 Å². The van der Waals surface area contributed by atoms with Gasteiger partial charge in [0.05, 0.1) is 21.2 Å². The maximum absolute atomic E-state index is 12.8. The maximum Gasteiger partial charge on any atom is 0.240 e. The molecule has 0 bridgehead atoms. The molecule has 1 aliphatic heterocycles. The molecule has 1 amide bonds. The molecule has 1 fully saturated rings. The van der Waals surface area contributed by atoms with Gasteiger partial charge >= 0.3 is 0 Å². The zero-order valence-electron chi connectivity index (χ0n) is 17.1. The maximum atomic E-state index is 12.8. The van der Waals surface area contributed by atoms with Gasteiger partial charge < -0.3 is 4.90 Å². The van der Waals surface area contributed by atoms with E-state index in [2.05, 4.69) is 4.72 Å². The molecule has 9 heteroatoms. The summed E-state index contributed by atoms with van der Waals surface area (Å²) in [5.41, 5.74) is 1.38. The highest BCUT2D eigenvalue weighted by atomic mass is 32.2. The van der Waals surface area contributed by atoms with Gasteiger partial charge in [-0.05, 0) is 44.0 Å². The summed E-state index contributed by atoms with van der Waals surface area (Å²) in [4.78, 5) is 30.7. The average molecular weight is 458 g/mol. The second kappa shape index (κ2) is 8.86. The van der Waals surface area contributed by atoms with E-state index >= 15 is 0 Å². The van der Waals surface area contributed by atoms with Gasteiger partial charge in [0.2, 0.25) is 15.9 Å². The third kappa shape index (κ3) is 4.68. The highest BCUT2D eigenvalue weighted by molar-refractivity contribution is 7.89. The molecule has 3 aromatic rings. The lowest BCUT2D eigenvalue weighted by Gasteiger charge is -2.23. The first-order valence-corrected chi connectivity index (χ1v) is 12.4. The molecule has 0 spiro atoms. The van der Waals surface area contributed by atoms with Crippen LogP contribution in [0.3, 0.4) is 0 Å². The number of ketones is 1. The second-order valence-corrected chi connectivity index (χ2v) is 10.3. The van der Waals surface area contributed by atoms with Gasteiger partial charge in [0.25, 0.3) is 0 Å². The van der Waals surface area contributed by atoms with E-state index in [0.717, 1.165) is 28.1 Å². The monoisotopic (exact) mass is 457 g/mol. The summed E-state index contributed by atoms with van der Waals surface area (Å²) in [5.74, 6) is -0.216. The van der Waals surface area contributed by atoms with Crippen molar-refractivity contribution in [3.8, 4) is 0 Å². The predicted molar refractivity (Wildman–Crippen MR) is 120 cm³/mol. The van der Waals surface area contributed by atoms with Crippen LogP contribution in [0, 0.1) is 0 Å². The zero-order chi connectivity index (χ0) is 22.0. The number of benzene rings is 2. The van der Waals surface area contributed by atoms with Crippen molar-refractivity contribution in [3.63, 3.8) is 0 Å². The Bertz CT molecular complexity index is 1190. The number of para-hydroxylation sites is 1. The Kier molecular flexibility index (Phi) is 6.17. The van der Waals surface area contributed by atoms with E-state index in [-0.39, 0.29) is 35.6 Å². The second-order valence-electron chi connectivity index (χ2n) is 7.49. The Labute approximate surface area is 185 Å². The summed E-state index contributed by atoms with van der Waals surface area (Å²) in [7, 11) is -3.75. The summed E-state index contributed by atoms with van der Waals surface area (Å²) in [6.07, 6.45) is 1.84. The molecule has 1 N–H and O–H groups in total. The molecule has 4 rings (SSSR count). The van der Waals surface area contributed by atoms with Crippen LogP contribution in [0.5, 0.6) is 0 Å². The van der Waals surface area contributed by atoms with E-state index in [9.17, 15) is 18.0 Å². The lowest BCUT2D eigenvalue weighted by atomic mass is 10.2. The van der Waals surface area contributed by atoms with Crippen LogP contribution >= 0.6 is 11.3 Å². The number of sulfonamides is 1. The van der Waals surface area contributed by atoms with Crippen LogP contribution in [0.25, 0.3) is 10.2 Å². The summed E-state index contributed by atoms with van der Waals surface area (Å²) in [6.45, 7) is 2.09. The fraction of sp³-hybridized carbons (Fsp3) is 0.318. The Balaban J connectivity index is 1.38. The highest BCUT2D eigenvalue weighted by Gasteiger charge is 2.32. The van der Waals surface area contributed by atoms with Gasteiger partial charge in [0, 0.05) is 25.1 Å². The molecule has 1 unspecified atom stereocenters. The zero-order valence-corrected chi connectivity index (χ0v) is 18.7. The number of aromatic nitrogens is 1. The number of rotatable bonds is 7. The van der Waals surface area contributed by atoms with Crippen molar-refractivity contribution in [3.05, 3.63) is 59.1 Å². The number of hydrogen-bond acceptors (Lipinski definition) is 6. The summed E-state index contributed by atoms with van der Waals surface area (Å²) in [6, 6.07) is 13.6. The van der Waals surface area contributed by atoms with Crippen molar-refractivity contribution < 1.29 is 18.0 Å². The first-order chi connectivity index (χ1) is 14.8. The number of carbonyl (C=O) groups is 2. The molecule has 1 aliphatic rings. The smallest absolute Gasteiger partial charge is 0.240 e. The Morgan fingerprint density at radius 1 is 1.16 bits per heavy atom. The van der Waals surface area contributed by atoms with Crippen molar-refractivity contribution in [2.45, 2.75) is 37.1 Å². The molecule has 2 aromatic carbocycles. The third-order valence-electron chi connectivity index (χ3n) is 5.37. The molecule has 1 atom stereocenters.